The van der Waals surface area contributed by atoms with Gasteiger partial charge in [0, 0.05) is 13.1 Å². The van der Waals surface area contributed by atoms with Crippen molar-refractivity contribution < 1.29 is 9.53 Å². The normalized spacial score (nSPS) is 10.3. The predicted molar refractivity (Wildman–Crippen MR) is 69.9 cm³/mol. The molecule has 0 atom stereocenters. The lowest BCUT2D eigenvalue weighted by Gasteiger charge is -2.08. The Labute approximate surface area is 110 Å². The summed E-state index contributed by atoms with van der Waals surface area (Å²) in [6.07, 6.45) is 0. The standard InChI is InChI=1S/C10H17N5O2S/c1-6(2)12-7(16)5-18-10-14-8(11-3)13-9(15-10)17-4/h6H,5H2,1-4H3,(H,12,16)(H,11,13,14,15). The first kappa shape index (κ1) is 14.5. The number of aromatic nitrogens is 3. The van der Waals surface area contributed by atoms with Crippen molar-refractivity contribution in [2.45, 2.75) is 25.0 Å². The molecule has 0 bridgehead atoms. The number of methoxy groups -OCH3 is 1. The van der Waals surface area contributed by atoms with Crippen LogP contribution in [-0.4, -0.2) is 46.8 Å². The zero-order valence-electron chi connectivity index (χ0n) is 10.9. The number of amides is 1. The van der Waals surface area contributed by atoms with Crippen LogP contribution in [0.15, 0.2) is 5.16 Å². The zero-order chi connectivity index (χ0) is 13.5. The Morgan fingerprint density at radius 2 is 2.11 bits per heavy atom. The third-order valence-electron chi connectivity index (χ3n) is 1.78. The molecule has 0 aromatic carbocycles. The summed E-state index contributed by atoms with van der Waals surface area (Å²) in [4.78, 5) is 23.6. The average molecular weight is 271 g/mol. The topological polar surface area (TPSA) is 89.0 Å². The van der Waals surface area contributed by atoms with E-state index in [-0.39, 0.29) is 23.7 Å². The van der Waals surface area contributed by atoms with E-state index in [0.717, 1.165) is 0 Å². The van der Waals surface area contributed by atoms with Crippen LogP contribution in [0.25, 0.3) is 0 Å². The molecule has 2 N–H and O–H groups in total. The second kappa shape index (κ2) is 7.00. The van der Waals surface area contributed by atoms with Gasteiger partial charge in [0.2, 0.25) is 11.9 Å². The van der Waals surface area contributed by atoms with Crippen molar-refractivity contribution in [2.24, 2.45) is 0 Å². The van der Waals surface area contributed by atoms with Crippen LogP contribution in [0, 0.1) is 0 Å². The van der Waals surface area contributed by atoms with Gasteiger partial charge >= 0.3 is 6.01 Å². The Kier molecular flexibility index (Phi) is 5.63. The molecule has 0 aliphatic carbocycles. The van der Waals surface area contributed by atoms with Gasteiger partial charge < -0.3 is 15.4 Å². The third kappa shape index (κ3) is 4.74. The molecule has 0 saturated carbocycles. The number of carbonyl (C=O) groups is 1. The summed E-state index contributed by atoms with van der Waals surface area (Å²) in [7, 11) is 3.18. The van der Waals surface area contributed by atoms with Gasteiger partial charge in [-0.05, 0) is 13.8 Å². The second-order valence-electron chi connectivity index (χ2n) is 3.69. The molecule has 1 heterocycles. The molecule has 0 fully saturated rings. The van der Waals surface area contributed by atoms with Crippen LogP contribution in [0.2, 0.25) is 0 Å². The van der Waals surface area contributed by atoms with Crippen LogP contribution >= 0.6 is 11.8 Å². The molecule has 0 spiro atoms. The number of rotatable bonds is 6. The number of nitrogens with zero attached hydrogens (tertiary/aromatic N) is 3. The quantitative estimate of drug-likeness (QED) is 0.730. The Morgan fingerprint density at radius 3 is 2.67 bits per heavy atom. The second-order valence-corrected chi connectivity index (χ2v) is 4.63. The minimum atomic E-state index is -0.0552. The Bertz CT molecular complexity index is 391. The average Bonchev–Trinajstić information content (AvgIpc) is 2.35. The monoisotopic (exact) mass is 271 g/mol. The molecular weight excluding hydrogens is 254 g/mol. The van der Waals surface area contributed by atoms with E-state index >= 15 is 0 Å². The molecule has 0 radical (unpaired) electrons. The maximum atomic E-state index is 11.5. The molecule has 1 aromatic heterocycles. The van der Waals surface area contributed by atoms with Gasteiger partial charge in [0.05, 0.1) is 12.9 Å². The van der Waals surface area contributed by atoms with Crippen LogP contribution < -0.4 is 15.4 Å². The van der Waals surface area contributed by atoms with Gasteiger partial charge in [0.25, 0.3) is 0 Å². The fourth-order valence-corrected chi connectivity index (χ4v) is 1.74. The summed E-state index contributed by atoms with van der Waals surface area (Å²) in [6.45, 7) is 3.82. The van der Waals surface area contributed by atoms with E-state index in [4.69, 9.17) is 4.74 Å². The molecular formula is C10H17N5O2S. The number of thioether (sulfide) groups is 1. The molecule has 0 saturated heterocycles. The summed E-state index contributed by atoms with van der Waals surface area (Å²) in [6, 6.07) is 0.347. The smallest absolute Gasteiger partial charge is 0.321 e. The molecule has 7 nitrogen and oxygen atoms in total. The highest BCUT2D eigenvalue weighted by Crippen LogP contribution is 2.16. The van der Waals surface area contributed by atoms with Crippen LogP contribution in [-0.2, 0) is 4.79 Å². The lowest BCUT2D eigenvalue weighted by molar-refractivity contribution is -0.119. The molecule has 1 rings (SSSR count). The van der Waals surface area contributed by atoms with E-state index < -0.39 is 0 Å². The summed E-state index contributed by atoms with van der Waals surface area (Å²) in [5, 5.41) is 6.05. The van der Waals surface area contributed by atoms with Crippen molar-refractivity contribution in [1.82, 2.24) is 20.3 Å². The predicted octanol–water partition coefficient (Wildman–Crippen LogP) is 0.539. The molecule has 8 heteroatoms. The van der Waals surface area contributed by atoms with Crippen LogP contribution in [0.3, 0.4) is 0 Å². The molecule has 0 unspecified atom stereocenters. The van der Waals surface area contributed by atoms with E-state index in [1.807, 2.05) is 13.8 Å². The number of hydrogen-bond donors (Lipinski definition) is 2. The van der Waals surface area contributed by atoms with E-state index in [9.17, 15) is 4.79 Å². The van der Waals surface area contributed by atoms with Crippen molar-refractivity contribution in [1.29, 1.82) is 0 Å². The van der Waals surface area contributed by atoms with Gasteiger partial charge in [0.1, 0.15) is 0 Å². The van der Waals surface area contributed by atoms with Crippen molar-refractivity contribution in [3.63, 3.8) is 0 Å². The highest BCUT2D eigenvalue weighted by Gasteiger charge is 2.09. The van der Waals surface area contributed by atoms with E-state index in [0.29, 0.717) is 11.1 Å². The van der Waals surface area contributed by atoms with Crippen LogP contribution in [0.4, 0.5) is 5.95 Å². The minimum absolute atomic E-state index is 0.0552. The molecule has 100 valence electrons. The van der Waals surface area contributed by atoms with Gasteiger partial charge in [-0.25, -0.2) is 0 Å². The van der Waals surface area contributed by atoms with Gasteiger partial charge in [-0.3, -0.25) is 4.79 Å². The van der Waals surface area contributed by atoms with Gasteiger partial charge in [0.15, 0.2) is 5.16 Å². The Balaban J connectivity index is 2.63. The van der Waals surface area contributed by atoms with E-state index in [1.165, 1.54) is 18.9 Å². The SMILES string of the molecule is CNc1nc(OC)nc(SCC(=O)NC(C)C)n1. The minimum Gasteiger partial charge on any atom is -0.467 e. The first-order valence-electron chi connectivity index (χ1n) is 5.45. The third-order valence-corrected chi connectivity index (χ3v) is 2.63. The summed E-state index contributed by atoms with van der Waals surface area (Å²) in [5.74, 6) is 0.614. The number of hydrogen-bond acceptors (Lipinski definition) is 7. The first-order chi connectivity index (χ1) is 8.55. The lowest BCUT2D eigenvalue weighted by atomic mass is 10.4. The Morgan fingerprint density at radius 1 is 1.39 bits per heavy atom. The van der Waals surface area contributed by atoms with Crippen molar-refractivity contribution in [3.05, 3.63) is 0 Å². The lowest BCUT2D eigenvalue weighted by Crippen LogP contribution is -2.31. The van der Waals surface area contributed by atoms with Crippen LogP contribution in [0.1, 0.15) is 13.8 Å². The van der Waals surface area contributed by atoms with E-state index in [1.54, 1.807) is 7.05 Å². The van der Waals surface area contributed by atoms with Crippen molar-refractivity contribution in [2.75, 3.05) is 25.2 Å². The number of anilines is 1. The number of carbonyl (C=O) groups excluding carboxylic acids is 1. The molecule has 18 heavy (non-hydrogen) atoms. The number of nitrogens with one attached hydrogen (secondary N) is 2. The molecule has 1 amide bonds. The highest BCUT2D eigenvalue weighted by atomic mass is 32.2. The summed E-state index contributed by atoms with van der Waals surface area (Å²) >= 11 is 1.24. The molecule has 0 aliphatic rings. The van der Waals surface area contributed by atoms with Crippen molar-refractivity contribution in [3.8, 4) is 6.01 Å². The van der Waals surface area contributed by atoms with Gasteiger partial charge in [-0.1, -0.05) is 11.8 Å². The van der Waals surface area contributed by atoms with Crippen LogP contribution in [0.5, 0.6) is 6.01 Å². The largest absolute Gasteiger partial charge is 0.467 e. The van der Waals surface area contributed by atoms with E-state index in [2.05, 4.69) is 25.6 Å². The van der Waals surface area contributed by atoms with Gasteiger partial charge in [-0.15, -0.1) is 0 Å². The fraction of sp³-hybridized carbons (Fsp3) is 0.600. The fourth-order valence-electron chi connectivity index (χ4n) is 1.10. The summed E-state index contributed by atoms with van der Waals surface area (Å²) in [5.41, 5.74) is 0. The summed E-state index contributed by atoms with van der Waals surface area (Å²) < 4.78 is 4.95. The zero-order valence-corrected chi connectivity index (χ0v) is 11.7. The maximum Gasteiger partial charge on any atom is 0.321 e. The molecule has 0 aliphatic heterocycles. The highest BCUT2D eigenvalue weighted by molar-refractivity contribution is 7.99. The molecule has 1 aromatic rings. The maximum absolute atomic E-state index is 11.5. The van der Waals surface area contributed by atoms with Gasteiger partial charge in [-0.2, -0.15) is 15.0 Å². The number of ether oxygens (including phenoxy) is 1. The van der Waals surface area contributed by atoms with Crippen molar-refractivity contribution >= 4 is 23.6 Å². The first-order valence-corrected chi connectivity index (χ1v) is 6.43. The Hall–Kier alpha value is -1.57.